The zero-order valence-electron chi connectivity index (χ0n) is 14.4. The largest absolute Gasteiger partial charge is 0.396 e. The van der Waals surface area contributed by atoms with E-state index in [1.54, 1.807) is 4.68 Å². The van der Waals surface area contributed by atoms with Crippen LogP contribution in [0.25, 0.3) is 0 Å². The van der Waals surface area contributed by atoms with Crippen molar-refractivity contribution in [3.8, 4) is 0 Å². The van der Waals surface area contributed by atoms with Gasteiger partial charge in [-0.15, -0.1) is 0 Å². The van der Waals surface area contributed by atoms with Crippen molar-refractivity contribution in [1.29, 1.82) is 0 Å². The molecule has 0 aromatic carbocycles. The molecule has 24 heavy (non-hydrogen) atoms. The van der Waals surface area contributed by atoms with Crippen LogP contribution in [0, 0.1) is 5.92 Å². The topological polar surface area (TPSA) is 82.4 Å². The highest BCUT2D eigenvalue weighted by Crippen LogP contribution is 2.24. The summed E-state index contributed by atoms with van der Waals surface area (Å²) < 4.78 is 1.80. The van der Waals surface area contributed by atoms with E-state index < -0.39 is 0 Å². The molecule has 1 aliphatic heterocycles. The minimum Gasteiger partial charge on any atom is -0.396 e. The van der Waals surface area contributed by atoms with Crippen LogP contribution in [0.4, 0.5) is 10.5 Å². The monoisotopic (exact) mass is 335 g/mol. The molecule has 134 valence electrons. The van der Waals surface area contributed by atoms with E-state index in [0.29, 0.717) is 0 Å². The molecule has 0 radical (unpaired) electrons. The lowest BCUT2D eigenvalue weighted by Gasteiger charge is -2.35. The lowest BCUT2D eigenvalue weighted by atomic mass is 9.85. The van der Waals surface area contributed by atoms with Gasteiger partial charge in [0.05, 0.1) is 11.9 Å². The maximum atomic E-state index is 12.3. The lowest BCUT2D eigenvalue weighted by molar-refractivity contribution is 0.153. The second-order valence-electron chi connectivity index (χ2n) is 7.11. The van der Waals surface area contributed by atoms with Gasteiger partial charge < -0.3 is 20.6 Å². The quantitative estimate of drug-likeness (QED) is 0.773. The Labute approximate surface area is 143 Å². The SMILES string of the molecule is Cn1cc(N2CCCC(NC(=O)NC3CCCCC3CO)C2)cn1. The van der Waals surface area contributed by atoms with Crippen molar-refractivity contribution in [2.24, 2.45) is 13.0 Å². The van der Waals surface area contributed by atoms with Crippen LogP contribution >= 0.6 is 0 Å². The predicted octanol–water partition coefficient (Wildman–Crippen LogP) is 1.24. The summed E-state index contributed by atoms with van der Waals surface area (Å²) in [6.07, 6.45) is 10.2. The first-order valence-corrected chi connectivity index (χ1v) is 9.07. The van der Waals surface area contributed by atoms with Gasteiger partial charge in [0, 0.05) is 50.9 Å². The average Bonchev–Trinajstić information content (AvgIpc) is 3.02. The van der Waals surface area contributed by atoms with Gasteiger partial charge in [-0.1, -0.05) is 12.8 Å². The number of aliphatic hydroxyl groups excluding tert-OH is 1. The van der Waals surface area contributed by atoms with Gasteiger partial charge >= 0.3 is 6.03 Å². The van der Waals surface area contributed by atoms with E-state index in [2.05, 4.69) is 20.6 Å². The number of aromatic nitrogens is 2. The zero-order chi connectivity index (χ0) is 16.9. The van der Waals surface area contributed by atoms with Crippen LogP contribution < -0.4 is 15.5 Å². The molecule has 2 fully saturated rings. The second-order valence-corrected chi connectivity index (χ2v) is 7.11. The Hall–Kier alpha value is -1.76. The number of nitrogens with one attached hydrogen (secondary N) is 2. The van der Waals surface area contributed by atoms with E-state index in [9.17, 15) is 9.90 Å². The summed E-state index contributed by atoms with van der Waals surface area (Å²) in [7, 11) is 1.92. The molecule has 2 heterocycles. The molecule has 1 aromatic heterocycles. The highest BCUT2D eigenvalue weighted by molar-refractivity contribution is 5.74. The molecule has 0 spiro atoms. The van der Waals surface area contributed by atoms with Crippen LogP contribution in [0.15, 0.2) is 12.4 Å². The van der Waals surface area contributed by atoms with Crippen molar-refractivity contribution in [2.75, 3.05) is 24.6 Å². The Balaban J connectivity index is 1.50. The summed E-state index contributed by atoms with van der Waals surface area (Å²) >= 11 is 0. The Morgan fingerprint density at radius 1 is 1.29 bits per heavy atom. The fourth-order valence-electron chi connectivity index (χ4n) is 3.91. The number of carbonyl (C=O) groups is 1. The van der Waals surface area contributed by atoms with Crippen LogP contribution in [0.5, 0.6) is 0 Å². The number of urea groups is 1. The number of hydrogen-bond donors (Lipinski definition) is 3. The van der Waals surface area contributed by atoms with Crippen LogP contribution in [0.1, 0.15) is 38.5 Å². The van der Waals surface area contributed by atoms with E-state index in [1.807, 2.05) is 19.4 Å². The van der Waals surface area contributed by atoms with Crippen LogP contribution in [0.2, 0.25) is 0 Å². The predicted molar refractivity (Wildman–Crippen MR) is 92.9 cm³/mol. The molecule has 1 aromatic rings. The number of carbonyl (C=O) groups excluding carboxylic acids is 1. The third-order valence-corrected chi connectivity index (χ3v) is 5.27. The fourth-order valence-corrected chi connectivity index (χ4v) is 3.91. The molecule has 2 amide bonds. The second kappa shape index (κ2) is 7.88. The number of nitrogens with zero attached hydrogens (tertiary/aromatic N) is 3. The van der Waals surface area contributed by atoms with E-state index in [-0.39, 0.29) is 30.6 Å². The maximum Gasteiger partial charge on any atom is 0.315 e. The molecule has 3 atom stereocenters. The zero-order valence-corrected chi connectivity index (χ0v) is 14.4. The van der Waals surface area contributed by atoms with Crippen molar-refractivity contribution in [3.05, 3.63) is 12.4 Å². The van der Waals surface area contributed by atoms with Gasteiger partial charge in [0.25, 0.3) is 0 Å². The molecule has 3 N–H and O–H groups in total. The highest BCUT2D eigenvalue weighted by atomic mass is 16.3. The molecular formula is C17H29N5O2. The summed E-state index contributed by atoms with van der Waals surface area (Å²) in [6.45, 7) is 1.97. The van der Waals surface area contributed by atoms with Crippen LogP contribution in [-0.2, 0) is 7.05 Å². The molecular weight excluding hydrogens is 306 g/mol. The van der Waals surface area contributed by atoms with E-state index in [4.69, 9.17) is 0 Å². The summed E-state index contributed by atoms with van der Waals surface area (Å²) in [6, 6.07) is 0.148. The number of aryl methyl sites for hydroxylation is 1. The minimum absolute atomic E-state index is 0.0987. The fraction of sp³-hybridized carbons (Fsp3) is 0.765. The van der Waals surface area contributed by atoms with Crippen molar-refractivity contribution in [1.82, 2.24) is 20.4 Å². The first-order valence-electron chi connectivity index (χ1n) is 9.07. The molecule has 7 heteroatoms. The van der Waals surface area contributed by atoms with E-state index in [1.165, 1.54) is 0 Å². The number of anilines is 1. The molecule has 1 aliphatic carbocycles. The van der Waals surface area contributed by atoms with Gasteiger partial charge in [0.2, 0.25) is 0 Å². The molecule has 1 saturated heterocycles. The van der Waals surface area contributed by atoms with Gasteiger partial charge in [-0.2, -0.15) is 5.10 Å². The normalized spacial score (nSPS) is 27.8. The molecule has 3 rings (SSSR count). The Morgan fingerprint density at radius 3 is 2.88 bits per heavy atom. The number of hydrogen-bond acceptors (Lipinski definition) is 4. The number of amides is 2. The minimum atomic E-state index is -0.0987. The van der Waals surface area contributed by atoms with Gasteiger partial charge in [-0.05, 0) is 25.7 Å². The molecule has 7 nitrogen and oxygen atoms in total. The summed E-state index contributed by atoms with van der Waals surface area (Å²) in [4.78, 5) is 14.6. The first-order chi connectivity index (χ1) is 11.7. The standard InChI is InChI=1S/C17H29N5O2/c1-21-11-15(9-18-21)22-8-4-6-14(10-22)19-17(24)20-16-7-3-2-5-13(16)12-23/h9,11,13-14,16,23H,2-8,10,12H2,1H3,(H2,19,20,24). The van der Waals surface area contributed by atoms with Crippen molar-refractivity contribution in [2.45, 2.75) is 50.6 Å². The van der Waals surface area contributed by atoms with Crippen molar-refractivity contribution >= 4 is 11.7 Å². The summed E-state index contributed by atoms with van der Waals surface area (Å²) in [5.41, 5.74) is 1.11. The first kappa shape index (κ1) is 17.1. The number of aliphatic hydroxyl groups is 1. The van der Waals surface area contributed by atoms with Gasteiger partial charge in [0.15, 0.2) is 0 Å². The van der Waals surface area contributed by atoms with Crippen molar-refractivity contribution in [3.63, 3.8) is 0 Å². The Kier molecular flexibility index (Phi) is 5.60. The number of rotatable bonds is 4. The number of piperidine rings is 1. The molecule has 1 saturated carbocycles. The Bertz CT molecular complexity index is 547. The third-order valence-electron chi connectivity index (χ3n) is 5.27. The molecule has 0 bridgehead atoms. The highest BCUT2D eigenvalue weighted by Gasteiger charge is 2.27. The maximum absolute atomic E-state index is 12.3. The van der Waals surface area contributed by atoms with Crippen molar-refractivity contribution < 1.29 is 9.90 Å². The van der Waals surface area contributed by atoms with E-state index in [0.717, 1.165) is 57.3 Å². The summed E-state index contributed by atoms with van der Waals surface area (Å²) in [5, 5.41) is 19.9. The summed E-state index contributed by atoms with van der Waals surface area (Å²) in [5.74, 6) is 0.197. The average molecular weight is 335 g/mol. The molecule has 3 unspecified atom stereocenters. The lowest BCUT2D eigenvalue weighted by Crippen LogP contribution is -2.54. The Morgan fingerprint density at radius 2 is 2.12 bits per heavy atom. The van der Waals surface area contributed by atoms with Crippen LogP contribution in [0.3, 0.4) is 0 Å². The third kappa shape index (κ3) is 4.20. The molecule has 2 aliphatic rings. The van der Waals surface area contributed by atoms with Gasteiger partial charge in [-0.25, -0.2) is 4.79 Å². The smallest absolute Gasteiger partial charge is 0.315 e. The van der Waals surface area contributed by atoms with E-state index >= 15 is 0 Å². The van der Waals surface area contributed by atoms with Crippen LogP contribution in [-0.4, -0.2) is 52.7 Å². The van der Waals surface area contributed by atoms with Gasteiger partial charge in [-0.3, -0.25) is 4.68 Å². The van der Waals surface area contributed by atoms with Gasteiger partial charge in [0.1, 0.15) is 0 Å².